The molecule has 4 N–H and O–H groups in total. The van der Waals surface area contributed by atoms with Crippen molar-refractivity contribution in [2.45, 2.75) is 13.8 Å². The Balaban J connectivity index is 1.75. The summed E-state index contributed by atoms with van der Waals surface area (Å²) in [6.45, 7) is 4.50. The Kier molecular flexibility index (Phi) is 9.14. The number of hydrogen-bond acceptors (Lipinski definition) is 10. The maximum atomic E-state index is 11.3. The number of aryl methyl sites for hydroxylation is 2. The van der Waals surface area contributed by atoms with E-state index in [1.807, 2.05) is 42.2 Å². The number of ether oxygens (including phenoxy) is 1. The van der Waals surface area contributed by atoms with Crippen LogP contribution in [0.15, 0.2) is 64.8 Å². The first-order chi connectivity index (χ1) is 17.4. The summed E-state index contributed by atoms with van der Waals surface area (Å²) >= 11 is 0. The van der Waals surface area contributed by atoms with Crippen molar-refractivity contribution in [3.05, 3.63) is 75.8 Å². The number of nitro groups is 1. The third-order valence-corrected chi connectivity index (χ3v) is 5.42. The minimum atomic E-state index is -0.475. The highest BCUT2D eigenvalue weighted by Crippen LogP contribution is 2.35. The summed E-state index contributed by atoms with van der Waals surface area (Å²) in [6.07, 6.45) is 0. The quantitative estimate of drug-likeness (QED) is 0.159. The summed E-state index contributed by atoms with van der Waals surface area (Å²) in [6, 6.07) is 15.9. The SMILES string of the molecule is COc1cc(/N=N/c2ccc(C)cc2[N+](=O)[O-])c(C)cc1NNc1ccc(N(CCO)CCO)cc1. The standard InChI is InChI=1S/C25H30N6O5/c1-17-4-9-21(24(14-17)31(34)35)27-28-22-16-25(36-3)23(15-18(22)2)29-26-19-5-7-20(8-6-19)30(10-12-32)11-13-33/h4-9,14-16,26,29,32-33H,10-13H2,1-3H3/b28-27+. The van der Waals surface area contributed by atoms with Gasteiger partial charge in [0.25, 0.3) is 5.69 Å². The minimum Gasteiger partial charge on any atom is -0.494 e. The van der Waals surface area contributed by atoms with Crippen molar-refractivity contribution in [3.8, 4) is 5.75 Å². The van der Waals surface area contributed by atoms with Gasteiger partial charge in [-0.3, -0.25) is 15.5 Å². The zero-order valence-electron chi connectivity index (χ0n) is 20.4. The molecule has 0 aliphatic heterocycles. The molecule has 0 atom stereocenters. The highest BCUT2D eigenvalue weighted by Gasteiger charge is 2.14. The van der Waals surface area contributed by atoms with Gasteiger partial charge in [0.1, 0.15) is 5.75 Å². The average molecular weight is 495 g/mol. The van der Waals surface area contributed by atoms with Crippen LogP contribution < -0.4 is 20.5 Å². The molecule has 0 spiro atoms. The highest BCUT2D eigenvalue weighted by molar-refractivity contribution is 5.68. The van der Waals surface area contributed by atoms with E-state index in [9.17, 15) is 20.3 Å². The van der Waals surface area contributed by atoms with Crippen molar-refractivity contribution in [1.82, 2.24) is 0 Å². The number of nitro benzene ring substituents is 1. The van der Waals surface area contributed by atoms with E-state index < -0.39 is 4.92 Å². The van der Waals surface area contributed by atoms with Gasteiger partial charge in [-0.1, -0.05) is 6.07 Å². The summed E-state index contributed by atoms with van der Waals surface area (Å²) in [7, 11) is 1.54. The molecule has 3 aromatic rings. The van der Waals surface area contributed by atoms with Crippen LogP contribution >= 0.6 is 0 Å². The molecule has 3 rings (SSSR count). The number of hydrogen-bond donors (Lipinski definition) is 4. The summed E-state index contributed by atoms with van der Waals surface area (Å²) < 4.78 is 5.50. The van der Waals surface area contributed by atoms with Crippen molar-refractivity contribution >= 4 is 34.1 Å². The first kappa shape index (κ1) is 26.4. The van der Waals surface area contributed by atoms with Crippen LogP contribution in [0.3, 0.4) is 0 Å². The summed E-state index contributed by atoms with van der Waals surface area (Å²) in [5.74, 6) is 0.508. The van der Waals surface area contributed by atoms with Gasteiger partial charge < -0.3 is 25.3 Å². The number of aliphatic hydroxyl groups excluding tert-OH is 2. The molecule has 0 aliphatic carbocycles. The molecule has 0 aromatic heterocycles. The molecule has 0 saturated carbocycles. The molecule has 0 aliphatic rings. The predicted molar refractivity (Wildman–Crippen MR) is 140 cm³/mol. The Hall–Kier alpha value is -4.22. The smallest absolute Gasteiger partial charge is 0.296 e. The topological polar surface area (TPSA) is 145 Å². The average Bonchev–Trinajstić information content (AvgIpc) is 2.87. The Labute approximate surface area is 209 Å². The van der Waals surface area contributed by atoms with E-state index >= 15 is 0 Å². The second kappa shape index (κ2) is 12.5. The Morgan fingerprint density at radius 2 is 1.61 bits per heavy atom. The molecule has 0 amide bonds. The lowest BCUT2D eigenvalue weighted by Crippen LogP contribution is -2.29. The number of methoxy groups -OCH3 is 1. The second-order valence-corrected chi connectivity index (χ2v) is 8.02. The lowest BCUT2D eigenvalue weighted by atomic mass is 10.1. The van der Waals surface area contributed by atoms with Crippen LogP contribution in [0.4, 0.5) is 34.1 Å². The maximum absolute atomic E-state index is 11.3. The van der Waals surface area contributed by atoms with Crippen LogP contribution in [0.1, 0.15) is 11.1 Å². The van der Waals surface area contributed by atoms with Gasteiger partial charge in [0.2, 0.25) is 0 Å². The van der Waals surface area contributed by atoms with Crippen LogP contribution in [-0.4, -0.2) is 48.5 Å². The molecule has 11 heteroatoms. The molecule has 0 unspecified atom stereocenters. The molecule has 190 valence electrons. The normalized spacial score (nSPS) is 10.9. The van der Waals surface area contributed by atoms with E-state index in [0.29, 0.717) is 30.2 Å². The molecule has 0 heterocycles. The fourth-order valence-electron chi connectivity index (χ4n) is 3.53. The lowest BCUT2D eigenvalue weighted by molar-refractivity contribution is -0.384. The van der Waals surface area contributed by atoms with Crippen molar-refractivity contribution in [1.29, 1.82) is 0 Å². The second-order valence-electron chi connectivity index (χ2n) is 8.02. The van der Waals surface area contributed by atoms with E-state index in [1.54, 1.807) is 25.1 Å². The third kappa shape index (κ3) is 6.68. The van der Waals surface area contributed by atoms with Gasteiger partial charge in [0.15, 0.2) is 5.69 Å². The van der Waals surface area contributed by atoms with Crippen LogP contribution in [0.5, 0.6) is 5.75 Å². The largest absolute Gasteiger partial charge is 0.494 e. The first-order valence-electron chi connectivity index (χ1n) is 11.3. The summed E-state index contributed by atoms with van der Waals surface area (Å²) in [5, 5.41) is 38.1. The van der Waals surface area contributed by atoms with Gasteiger partial charge in [-0.25, -0.2) is 0 Å². The van der Waals surface area contributed by atoms with Crippen molar-refractivity contribution < 1.29 is 19.9 Å². The monoisotopic (exact) mass is 494 g/mol. The first-order valence-corrected chi connectivity index (χ1v) is 11.3. The van der Waals surface area contributed by atoms with Crippen molar-refractivity contribution in [3.63, 3.8) is 0 Å². The maximum Gasteiger partial charge on any atom is 0.296 e. The molecular formula is C25H30N6O5. The van der Waals surface area contributed by atoms with Crippen molar-refractivity contribution in [2.75, 3.05) is 49.2 Å². The zero-order valence-corrected chi connectivity index (χ0v) is 20.4. The van der Waals surface area contributed by atoms with Crippen molar-refractivity contribution in [2.24, 2.45) is 10.2 Å². The number of hydrazine groups is 1. The molecule has 0 fully saturated rings. The fourth-order valence-corrected chi connectivity index (χ4v) is 3.53. The van der Waals surface area contributed by atoms with Gasteiger partial charge in [-0.15, -0.1) is 10.2 Å². The molecule has 3 aromatic carbocycles. The van der Waals surface area contributed by atoms with E-state index in [0.717, 1.165) is 22.5 Å². The molecule has 11 nitrogen and oxygen atoms in total. The molecule has 36 heavy (non-hydrogen) atoms. The molecule has 0 saturated heterocycles. The zero-order chi connectivity index (χ0) is 26.1. The van der Waals surface area contributed by atoms with Gasteiger partial charge in [0.05, 0.1) is 42.3 Å². The van der Waals surface area contributed by atoms with Gasteiger partial charge in [-0.2, -0.15) is 0 Å². The minimum absolute atomic E-state index is 0.00181. The fraction of sp³-hybridized carbons (Fsp3) is 0.280. The van der Waals surface area contributed by atoms with E-state index in [1.165, 1.54) is 13.2 Å². The van der Waals surface area contributed by atoms with Crippen LogP contribution in [0.25, 0.3) is 0 Å². The summed E-state index contributed by atoms with van der Waals surface area (Å²) in [4.78, 5) is 12.8. The number of nitrogens with one attached hydrogen (secondary N) is 2. The van der Waals surface area contributed by atoms with Gasteiger partial charge >= 0.3 is 0 Å². The van der Waals surface area contributed by atoms with Crippen LogP contribution in [0.2, 0.25) is 0 Å². The lowest BCUT2D eigenvalue weighted by Gasteiger charge is -2.23. The highest BCUT2D eigenvalue weighted by atomic mass is 16.6. The molecule has 0 bridgehead atoms. The third-order valence-electron chi connectivity index (χ3n) is 5.42. The summed E-state index contributed by atoms with van der Waals surface area (Å²) in [5.41, 5.74) is 10.7. The Bertz CT molecular complexity index is 1210. The number of aliphatic hydroxyl groups is 2. The van der Waals surface area contributed by atoms with Crippen LogP contribution in [-0.2, 0) is 0 Å². The Morgan fingerprint density at radius 1 is 0.944 bits per heavy atom. The van der Waals surface area contributed by atoms with Gasteiger partial charge in [-0.05, 0) is 61.4 Å². The van der Waals surface area contributed by atoms with E-state index in [-0.39, 0.29) is 24.6 Å². The Morgan fingerprint density at radius 3 is 2.22 bits per heavy atom. The predicted octanol–water partition coefficient (Wildman–Crippen LogP) is 4.87. The van der Waals surface area contributed by atoms with E-state index in [2.05, 4.69) is 21.1 Å². The number of benzene rings is 3. The number of anilines is 3. The number of nitrogens with zero attached hydrogens (tertiary/aromatic N) is 4. The van der Waals surface area contributed by atoms with Crippen LogP contribution in [0, 0.1) is 24.0 Å². The number of azo groups is 1. The van der Waals surface area contributed by atoms with Gasteiger partial charge in [0, 0.05) is 30.9 Å². The van der Waals surface area contributed by atoms with E-state index in [4.69, 9.17) is 4.74 Å². The molecular weight excluding hydrogens is 464 g/mol. The molecule has 0 radical (unpaired) electrons. The number of rotatable bonds is 12.